The average Bonchev–Trinajstić information content (AvgIpc) is 2.16. The van der Waals surface area contributed by atoms with Crippen LogP contribution in [0.4, 0.5) is 0 Å². The van der Waals surface area contributed by atoms with Crippen LogP contribution in [0.5, 0.6) is 5.75 Å². The van der Waals surface area contributed by atoms with Gasteiger partial charge < -0.3 is 9.84 Å². The van der Waals surface area contributed by atoms with E-state index in [2.05, 4.69) is 15.9 Å². The Balaban J connectivity index is 3.02. The van der Waals surface area contributed by atoms with Gasteiger partial charge in [-0.1, -0.05) is 19.1 Å². The lowest BCUT2D eigenvalue weighted by Gasteiger charge is -2.14. The van der Waals surface area contributed by atoms with Crippen molar-refractivity contribution < 1.29 is 14.6 Å². The van der Waals surface area contributed by atoms with Gasteiger partial charge in [0.25, 0.3) is 0 Å². The van der Waals surface area contributed by atoms with Crippen LogP contribution in [0, 0.1) is 0 Å². The maximum absolute atomic E-state index is 10.6. The van der Waals surface area contributed by atoms with E-state index in [1.165, 1.54) is 0 Å². The Labute approximate surface area is 97.2 Å². The highest BCUT2D eigenvalue weighted by atomic mass is 79.9. The summed E-state index contributed by atoms with van der Waals surface area (Å²) < 4.78 is 6.09. The Kier molecular flexibility index (Phi) is 4.15. The van der Waals surface area contributed by atoms with Gasteiger partial charge in [-0.05, 0) is 33.5 Å². The molecule has 4 heteroatoms. The van der Waals surface area contributed by atoms with Gasteiger partial charge in [-0.15, -0.1) is 0 Å². The second kappa shape index (κ2) is 5.16. The SMILES string of the molecule is COc1c(Br)cccc1C(C)CC(=O)O. The summed E-state index contributed by atoms with van der Waals surface area (Å²) in [5.74, 6) is -0.147. The summed E-state index contributed by atoms with van der Waals surface area (Å²) in [5, 5.41) is 8.73. The Morgan fingerprint density at radius 2 is 2.27 bits per heavy atom. The number of carbonyl (C=O) groups is 1. The lowest BCUT2D eigenvalue weighted by atomic mass is 9.97. The van der Waals surface area contributed by atoms with Crippen molar-refractivity contribution in [1.29, 1.82) is 0 Å². The minimum absolute atomic E-state index is 0.0602. The van der Waals surface area contributed by atoms with E-state index in [1.807, 2.05) is 25.1 Å². The highest BCUT2D eigenvalue weighted by Gasteiger charge is 2.16. The molecular formula is C11H13BrO3. The molecule has 0 saturated carbocycles. The molecule has 0 saturated heterocycles. The van der Waals surface area contributed by atoms with Gasteiger partial charge in [0.2, 0.25) is 0 Å². The fourth-order valence-corrected chi connectivity index (χ4v) is 2.04. The van der Waals surface area contributed by atoms with Gasteiger partial charge in [0.05, 0.1) is 18.0 Å². The van der Waals surface area contributed by atoms with Crippen LogP contribution in [0.25, 0.3) is 0 Å². The molecule has 0 heterocycles. The van der Waals surface area contributed by atoms with Crippen LogP contribution in [0.15, 0.2) is 22.7 Å². The maximum atomic E-state index is 10.6. The zero-order chi connectivity index (χ0) is 11.4. The van der Waals surface area contributed by atoms with E-state index < -0.39 is 5.97 Å². The lowest BCUT2D eigenvalue weighted by Crippen LogP contribution is -2.04. The molecule has 82 valence electrons. The number of halogens is 1. The number of carboxylic acids is 1. The number of hydrogen-bond acceptors (Lipinski definition) is 2. The van der Waals surface area contributed by atoms with Crippen molar-refractivity contribution in [2.45, 2.75) is 19.3 Å². The number of para-hydroxylation sites is 1. The molecule has 0 amide bonds. The van der Waals surface area contributed by atoms with E-state index in [1.54, 1.807) is 7.11 Å². The van der Waals surface area contributed by atoms with E-state index in [-0.39, 0.29) is 12.3 Å². The first kappa shape index (κ1) is 12.0. The van der Waals surface area contributed by atoms with Gasteiger partial charge in [0, 0.05) is 0 Å². The number of ether oxygens (including phenoxy) is 1. The van der Waals surface area contributed by atoms with Gasteiger partial charge in [0.1, 0.15) is 5.75 Å². The molecule has 0 aliphatic rings. The van der Waals surface area contributed by atoms with Crippen LogP contribution in [-0.4, -0.2) is 18.2 Å². The maximum Gasteiger partial charge on any atom is 0.303 e. The van der Waals surface area contributed by atoms with Gasteiger partial charge in [-0.25, -0.2) is 0 Å². The Morgan fingerprint density at radius 3 is 2.80 bits per heavy atom. The third kappa shape index (κ3) is 2.96. The molecule has 1 aromatic rings. The Hall–Kier alpha value is -1.03. The molecule has 0 bridgehead atoms. The number of aliphatic carboxylic acids is 1. The molecule has 1 aromatic carbocycles. The van der Waals surface area contributed by atoms with Gasteiger partial charge >= 0.3 is 5.97 Å². The van der Waals surface area contributed by atoms with Gasteiger partial charge in [0.15, 0.2) is 0 Å². The van der Waals surface area contributed by atoms with E-state index in [0.29, 0.717) is 5.75 Å². The number of carboxylic acid groups (broad SMARTS) is 1. The minimum atomic E-state index is -0.801. The molecule has 0 spiro atoms. The highest BCUT2D eigenvalue weighted by Crippen LogP contribution is 2.34. The zero-order valence-electron chi connectivity index (χ0n) is 8.66. The van der Waals surface area contributed by atoms with Gasteiger partial charge in [-0.3, -0.25) is 4.79 Å². The standard InChI is InChI=1S/C11H13BrO3/c1-7(6-10(13)14)8-4-3-5-9(12)11(8)15-2/h3-5,7H,6H2,1-2H3,(H,13,14). The van der Waals surface area contributed by atoms with Crippen LogP contribution < -0.4 is 4.74 Å². The summed E-state index contributed by atoms with van der Waals surface area (Å²) in [7, 11) is 1.58. The molecule has 15 heavy (non-hydrogen) atoms. The van der Waals surface area contributed by atoms with Crippen LogP contribution in [0.2, 0.25) is 0 Å². The van der Waals surface area contributed by atoms with Crippen molar-refractivity contribution >= 4 is 21.9 Å². The molecule has 1 N–H and O–H groups in total. The zero-order valence-corrected chi connectivity index (χ0v) is 10.2. The number of rotatable bonds is 4. The van der Waals surface area contributed by atoms with E-state index in [9.17, 15) is 4.79 Å². The molecule has 0 aliphatic carbocycles. The molecule has 0 radical (unpaired) electrons. The van der Waals surface area contributed by atoms with Crippen LogP contribution in [0.3, 0.4) is 0 Å². The predicted octanol–water partition coefficient (Wildman–Crippen LogP) is 3.04. The molecule has 0 aliphatic heterocycles. The molecule has 0 aromatic heterocycles. The topological polar surface area (TPSA) is 46.5 Å². The first-order chi connectivity index (χ1) is 7.06. The first-order valence-corrected chi connectivity index (χ1v) is 5.39. The third-order valence-corrected chi connectivity index (χ3v) is 2.84. The number of hydrogen-bond donors (Lipinski definition) is 1. The number of methoxy groups -OCH3 is 1. The van der Waals surface area contributed by atoms with Crippen molar-refractivity contribution in [3.05, 3.63) is 28.2 Å². The fraction of sp³-hybridized carbons (Fsp3) is 0.364. The van der Waals surface area contributed by atoms with Crippen molar-refractivity contribution in [3.63, 3.8) is 0 Å². The fourth-order valence-electron chi connectivity index (χ4n) is 1.50. The lowest BCUT2D eigenvalue weighted by molar-refractivity contribution is -0.137. The summed E-state index contributed by atoms with van der Waals surface area (Å²) >= 11 is 3.37. The third-order valence-electron chi connectivity index (χ3n) is 2.21. The summed E-state index contributed by atoms with van der Waals surface area (Å²) in [5.41, 5.74) is 0.911. The Bertz CT molecular complexity index is 363. The van der Waals surface area contributed by atoms with Crippen molar-refractivity contribution in [2.75, 3.05) is 7.11 Å². The molecule has 1 rings (SSSR count). The largest absolute Gasteiger partial charge is 0.495 e. The second-order valence-electron chi connectivity index (χ2n) is 3.36. The minimum Gasteiger partial charge on any atom is -0.495 e. The first-order valence-electron chi connectivity index (χ1n) is 4.60. The summed E-state index contributed by atoms with van der Waals surface area (Å²) in [6.07, 6.45) is 0.104. The van der Waals surface area contributed by atoms with Gasteiger partial charge in [-0.2, -0.15) is 0 Å². The smallest absolute Gasteiger partial charge is 0.303 e. The monoisotopic (exact) mass is 272 g/mol. The molecule has 0 fully saturated rings. The van der Waals surface area contributed by atoms with Crippen LogP contribution >= 0.6 is 15.9 Å². The summed E-state index contributed by atoms with van der Waals surface area (Å²) in [6.45, 7) is 1.87. The van der Waals surface area contributed by atoms with E-state index in [4.69, 9.17) is 9.84 Å². The molecular weight excluding hydrogens is 260 g/mol. The average molecular weight is 273 g/mol. The van der Waals surface area contributed by atoms with Crippen molar-refractivity contribution in [2.24, 2.45) is 0 Å². The quantitative estimate of drug-likeness (QED) is 0.917. The summed E-state index contributed by atoms with van der Waals surface area (Å²) in [4.78, 5) is 10.6. The van der Waals surface area contributed by atoms with E-state index >= 15 is 0 Å². The molecule has 1 atom stereocenters. The Morgan fingerprint density at radius 1 is 1.60 bits per heavy atom. The predicted molar refractivity (Wildman–Crippen MR) is 61.4 cm³/mol. The molecule has 1 unspecified atom stereocenters. The normalized spacial score (nSPS) is 12.2. The van der Waals surface area contributed by atoms with Crippen LogP contribution in [-0.2, 0) is 4.79 Å². The molecule has 3 nitrogen and oxygen atoms in total. The van der Waals surface area contributed by atoms with Crippen molar-refractivity contribution in [1.82, 2.24) is 0 Å². The highest BCUT2D eigenvalue weighted by molar-refractivity contribution is 9.10. The van der Waals surface area contributed by atoms with E-state index in [0.717, 1.165) is 10.0 Å². The van der Waals surface area contributed by atoms with Crippen molar-refractivity contribution in [3.8, 4) is 5.75 Å². The summed E-state index contributed by atoms with van der Waals surface area (Å²) in [6, 6.07) is 5.63. The number of benzene rings is 1. The van der Waals surface area contributed by atoms with Crippen LogP contribution in [0.1, 0.15) is 24.8 Å². The second-order valence-corrected chi connectivity index (χ2v) is 4.22.